The lowest BCUT2D eigenvalue weighted by atomic mass is 10.1. The highest BCUT2D eigenvalue weighted by Crippen LogP contribution is 2.23. The number of nitro groups is 1. The summed E-state index contributed by atoms with van der Waals surface area (Å²) in [4.78, 5) is 24.5. The summed E-state index contributed by atoms with van der Waals surface area (Å²) in [7, 11) is 0. The summed E-state index contributed by atoms with van der Waals surface area (Å²) in [5.74, 6) is -0.765. The lowest BCUT2D eigenvalue weighted by Gasteiger charge is -2.05. The predicted octanol–water partition coefficient (Wildman–Crippen LogP) is 2.85. The summed E-state index contributed by atoms with van der Waals surface area (Å²) >= 11 is 1.59. The van der Waals surface area contributed by atoms with Crippen LogP contribution in [0.2, 0.25) is 0 Å². The number of carbonyl (C=O) groups is 1. The van der Waals surface area contributed by atoms with Gasteiger partial charge in [0.15, 0.2) is 0 Å². The molecular weight excluding hydrogens is 292 g/mol. The maximum Gasteiger partial charge on any atom is 0.282 e. The van der Waals surface area contributed by atoms with Gasteiger partial charge in [-0.15, -0.1) is 11.3 Å². The van der Waals surface area contributed by atoms with Gasteiger partial charge in [-0.25, -0.2) is 0 Å². The van der Waals surface area contributed by atoms with E-state index in [0.29, 0.717) is 6.54 Å². The molecule has 0 aliphatic heterocycles. The number of phenols is 1. The number of aryl methyl sites for hydroxylation is 1. The van der Waals surface area contributed by atoms with Gasteiger partial charge in [-0.05, 0) is 30.7 Å². The number of aromatic hydroxyl groups is 1. The quantitative estimate of drug-likeness (QED) is 0.656. The summed E-state index contributed by atoms with van der Waals surface area (Å²) in [6.45, 7) is 2.35. The minimum absolute atomic E-state index is 0.146. The van der Waals surface area contributed by atoms with Gasteiger partial charge in [-0.1, -0.05) is 6.92 Å². The first kappa shape index (κ1) is 15.0. The third-order valence-electron chi connectivity index (χ3n) is 2.91. The molecule has 0 unspecified atom stereocenters. The van der Waals surface area contributed by atoms with Gasteiger partial charge in [-0.2, -0.15) is 0 Å². The molecule has 0 aliphatic carbocycles. The second kappa shape index (κ2) is 6.36. The standard InChI is InChI=1S/C14H14N2O4S/c1-2-10-4-5-11(21-10)8-15-14(18)12-7-9(17)3-6-13(12)16(19)20/h3-7,17H,2,8H2,1H3,(H,15,18). The number of carbonyl (C=O) groups excluding carboxylic acids is 1. The second-order valence-electron chi connectivity index (χ2n) is 4.36. The minimum atomic E-state index is -0.644. The van der Waals surface area contributed by atoms with Gasteiger partial charge in [0, 0.05) is 15.8 Å². The Bertz CT molecular complexity index is 681. The van der Waals surface area contributed by atoms with Crippen LogP contribution in [-0.4, -0.2) is 15.9 Å². The molecule has 0 atom stereocenters. The van der Waals surface area contributed by atoms with Gasteiger partial charge >= 0.3 is 0 Å². The Balaban J connectivity index is 2.13. The number of phenolic OH excluding ortho intramolecular Hbond substituents is 1. The first-order chi connectivity index (χ1) is 10.0. The molecule has 110 valence electrons. The Labute approximate surface area is 125 Å². The van der Waals surface area contributed by atoms with Crippen LogP contribution in [0, 0.1) is 10.1 Å². The number of hydrogen-bond acceptors (Lipinski definition) is 5. The van der Waals surface area contributed by atoms with E-state index < -0.39 is 10.8 Å². The van der Waals surface area contributed by atoms with Crippen molar-refractivity contribution in [2.45, 2.75) is 19.9 Å². The summed E-state index contributed by atoms with van der Waals surface area (Å²) in [5, 5.41) is 22.9. The van der Waals surface area contributed by atoms with Gasteiger partial charge in [0.1, 0.15) is 11.3 Å². The van der Waals surface area contributed by atoms with Crippen molar-refractivity contribution in [2.24, 2.45) is 0 Å². The first-order valence-corrected chi connectivity index (χ1v) is 7.16. The molecule has 1 aromatic carbocycles. The molecule has 0 bridgehead atoms. The molecule has 0 aliphatic rings. The average molecular weight is 306 g/mol. The number of thiophene rings is 1. The highest BCUT2D eigenvalue weighted by Gasteiger charge is 2.20. The van der Waals surface area contributed by atoms with Crippen molar-refractivity contribution in [1.29, 1.82) is 0 Å². The number of amides is 1. The van der Waals surface area contributed by atoms with Crippen LogP contribution in [0.3, 0.4) is 0 Å². The molecule has 0 fully saturated rings. The lowest BCUT2D eigenvalue weighted by Crippen LogP contribution is -2.23. The minimum Gasteiger partial charge on any atom is -0.508 e. The van der Waals surface area contributed by atoms with Crippen LogP contribution in [0.5, 0.6) is 5.75 Å². The van der Waals surface area contributed by atoms with E-state index in [2.05, 4.69) is 5.32 Å². The van der Waals surface area contributed by atoms with Crippen molar-refractivity contribution < 1.29 is 14.8 Å². The van der Waals surface area contributed by atoms with Crippen LogP contribution in [0.15, 0.2) is 30.3 Å². The molecule has 6 nitrogen and oxygen atoms in total. The van der Waals surface area contributed by atoms with Crippen LogP contribution in [0.4, 0.5) is 5.69 Å². The topological polar surface area (TPSA) is 92.5 Å². The molecule has 0 saturated heterocycles. The predicted molar refractivity (Wildman–Crippen MR) is 79.6 cm³/mol. The van der Waals surface area contributed by atoms with Gasteiger partial charge < -0.3 is 10.4 Å². The van der Waals surface area contributed by atoms with E-state index in [1.807, 2.05) is 19.1 Å². The van der Waals surface area contributed by atoms with Crippen molar-refractivity contribution in [3.05, 3.63) is 55.8 Å². The molecule has 0 saturated carbocycles. The summed E-state index contributed by atoms with van der Waals surface area (Å²) < 4.78 is 0. The Kier molecular flexibility index (Phi) is 4.54. The molecule has 2 aromatic rings. The zero-order valence-corrected chi connectivity index (χ0v) is 12.1. The van der Waals surface area contributed by atoms with E-state index in [1.165, 1.54) is 10.9 Å². The summed E-state index contributed by atoms with van der Waals surface area (Å²) in [5.41, 5.74) is -0.474. The van der Waals surface area contributed by atoms with E-state index in [4.69, 9.17) is 0 Å². The largest absolute Gasteiger partial charge is 0.508 e. The van der Waals surface area contributed by atoms with Crippen LogP contribution in [0.1, 0.15) is 27.0 Å². The molecule has 1 heterocycles. The fourth-order valence-electron chi connectivity index (χ4n) is 1.84. The third kappa shape index (κ3) is 3.57. The van der Waals surface area contributed by atoms with E-state index in [9.17, 15) is 20.0 Å². The molecule has 1 amide bonds. The monoisotopic (exact) mass is 306 g/mol. The van der Waals surface area contributed by atoms with E-state index in [1.54, 1.807) is 11.3 Å². The van der Waals surface area contributed by atoms with Crippen molar-refractivity contribution in [2.75, 3.05) is 0 Å². The van der Waals surface area contributed by atoms with Crippen LogP contribution in [0.25, 0.3) is 0 Å². The van der Waals surface area contributed by atoms with Crippen molar-refractivity contribution in [3.63, 3.8) is 0 Å². The average Bonchev–Trinajstić information content (AvgIpc) is 2.92. The molecular formula is C14H14N2O4S. The Hall–Kier alpha value is -2.41. The number of rotatable bonds is 5. The SMILES string of the molecule is CCc1ccc(CNC(=O)c2cc(O)ccc2[N+](=O)[O-])s1. The number of nitrogens with one attached hydrogen (secondary N) is 1. The molecule has 7 heteroatoms. The van der Waals surface area contributed by atoms with Gasteiger partial charge in [-0.3, -0.25) is 14.9 Å². The van der Waals surface area contributed by atoms with Gasteiger partial charge in [0.25, 0.3) is 11.6 Å². The lowest BCUT2D eigenvalue weighted by molar-refractivity contribution is -0.385. The summed E-state index contributed by atoms with van der Waals surface area (Å²) in [6, 6.07) is 7.30. The summed E-state index contributed by atoms with van der Waals surface area (Å²) in [6.07, 6.45) is 0.927. The third-order valence-corrected chi connectivity index (χ3v) is 4.14. The highest BCUT2D eigenvalue weighted by atomic mass is 32.1. The first-order valence-electron chi connectivity index (χ1n) is 6.34. The Morgan fingerprint density at radius 3 is 2.67 bits per heavy atom. The zero-order valence-electron chi connectivity index (χ0n) is 11.3. The molecule has 2 rings (SSSR count). The second-order valence-corrected chi connectivity index (χ2v) is 5.62. The van der Waals surface area contributed by atoms with Crippen molar-refractivity contribution in [1.82, 2.24) is 5.32 Å². The molecule has 1 aromatic heterocycles. The maximum atomic E-state index is 12.0. The van der Waals surface area contributed by atoms with Gasteiger partial charge in [0.05, 0.1) is 11.5 Å². The normalized spacial score (nSPS) is 10.3. The molecule has 0 spiro atoms. The van der Waals surface area contributed by atoms with E-state index >= 15 is 0 Å². The van der Waals surface area contributed by atoms with Gasteiger partial charge in [0.2, 0.25) is 0 Å². The number of hydrogen-bond donors (Lipinski definition) is 2. The fraction of sp³-hybridized carbons (Fsp3) is 0.214. The maximum absolute atomic E-state index is 12.0. The number of nitrogens with zero attached hydrogens (tertiary/aromatic N) is 1. The smallest absolute Gasteiger partial charge is 0.282 e. The zero-order chi connectivity index (χ0) is 15.4. The van der Waals surface area contributed by atoms with E-state index in [-0.39, 0.29) is 17.0 Å². The number of nitro benzene ring substituents is 1. The van der Waals surface area contributed by atoms with Crippen molar-refractivity contribution >= 4 is 22.9 Å². The van der Waals surface area contributed by atoms with Crippen LogP contribution < -0.4 is 5.32 Å². The molecule has 0 radical (unpaired) electrons. The van der Waals surface area contributed by atoms with Crippen LogP contribution >= 0.6 is 11.3 Å². The molecule has 21 heavy (non-hydrogen) atoms. The fourth-order valence-corrected chi connectivity index (χ4v) is 2.73. The highest BCUT2D eigenvalue weighted by molar-refractivity contribution is 7.11. The van der Waals surface area contributed by atoms with E-state index in [0.717, 1.165) is 23.4 Å². The number of benzene rings is 1. The Morgan fingerprint density at radius 1 is 1.33 bits per heavy atom. The molecule has 2 N–H and O–H groups in total. The Morgan fingerprint density at radius 2 is 2.05 bits per heavy atom. The van der Waals surface area contributed by atoms with Crippen LogP contribution in [-0.2, 0) is 13.0 Å². The van der Waals surface area contributed by atoms with Crippen molar-refractivity contribution in [3.8, 4) is 5.75 Å².